The highest BCUT2D eigenvalue weighted by atomic mass is 16.5. The van der Waals surface area contributed by atoms with E-state index in [9.17, 15) is 9.59 Å². The maximum absolute atomic E-state index is 11.0. The minimum atomic E-state index is -0.370. The molecule has 0 aliphatic carbocycles. The van der Waals surface area contributed by atoms with Crippen molar-refractivity contribution in [2.24, 2.45) is 0 Å². The van der Waals surface area contributed by atoms with Crippen molar-refractivity contribution in [3.63, 3.8) is 0 Å². The lowest BCUT2D eigenvalue weighted by Gasteiger charge is -2.06. The fourth-order valence-electron chi connectivity index (χ4n) is 4.60. The van der Waals surface area contributed by atoms with Gasteiger partial charge in [-0.05, 0) is 130 Å². The van der Waals surface area contributed by atoms with E-state index in [2.05, 4.69) is 49.8 Å². The van der Waals surface area contributed by atoms with Crippen LogP contribution in [-0.2, 0) is 25.5 Å². The van der Waals surface area contributed by atoms with Crippen LogP contribution in [0.1, 0.15) is 86.1 Å². The van der Waals surface area contributed by atoms with Gasteiger partial charge in [0.15, 0.2) is 0 Å². The highest BCUT2D eigenvalue weighted by Gasteiger charge is 2.02. The molecule has 0 heterocycles. The molecule has 0 unspecified atom stereocenters. The van der Waals surface area contributed by atoms with Crippen LogP contribution in [0.5, 0.6) is 11.5 Å². The molecule has 0 N–H and O–H groups in total. The van der Waals surface area contributed by atoms with Crippen LogP contribution in [0.3, 0.4) is 0 Å². The maximum atomic E-state index is 11.0. The Balaban J connectivity index is 1.40. The minimum Gasteiger partial charge on any atom is -0.494 e. The quantitative estimate of drug-likeness (QED) is 0.0564. The predicted octanol–water partition coefficient (Wildman–Crippen LogP) is 8.39. The van der Waals surface area contributed by atoms with E-state index in [4.69, 9.17) is 18.9 Å². The molecule has 0 aliphatic heterocycles. The number of aryl methyl sites for hydroxylation is 1. The van der Waals surface area contributed by atoms with Gasteiger partial charge < -0.3 is 18.9 Å². The zero-order chi connectivity index (χ0) is 34.2. The Kier molecular flexibility index (Phi) is 17.3. The SMILES string of the molecule is C=CC(=O)OCCCCCCOc1ccc(C#Cc2ccc(C#Cc3ccc(OCCCCCCOC(=O)C=C)cc3)c(CC)c2)cc1. The molecule has 3 aromatic carbocycles. The summed E-state index contributed by atoms with van der Waals surface area (Å²) in [5, 5.41) is 0. The molecular formula is C42H46O6. The minimum absolute atomic E-state index is 0.370. The predicted molar refractivity (Wildman–Crippen MR) is 191 cm³/mol. The number of esters is 2. The standard InChI is InChI=1S/C42H46O6/c1-4-37-33-36(16-15-34-19-25-39(26-20-34)45-29-11-7-9-13-31-47-41(43)5-2)18-24-38(37)23-17-35-21-27-40(28-22-35)46-30-12-8-10-14-32-48-42(44)6-3/h5-6,18-22,24-28,33H,2-4,7-14,29-32H2,1H3. The van der Waals surface area contributed by atoms with Crippen molar-refractivity contribution in [2.45, 2.75) is 64.7 Å². The Morgan fingerprint density at radius 3 is 1.44 bits per heavy atom. The number of ether oxygens (including phenoxy) is 4. The summed E-state index contributed by atoms with van der Waals surface area (Å²) in [6.07, 6.45) is 10.8. The molecule has 0 amide bonds. The lowest BCUT2D eigenvalue weighted by molar-refractivity contribution is -0.138. The van der Waals surface area contributed by atoms with Crippen LogP contribution in [0.15, 0.2) is 92.0 Å². The third-order valence-corrected chi connectivity index (χ3v) is 7.32. The van der Waals surface area contributed by atoms with Gasteiger partial charge in [-0.25, -0.2) is 9.59 Å². The summed E-state index contributed by atoms with van der Waals surface area (Å²) in [5.74, 6) is 14.0. The second-order valence-corrected chi connectivity index (χ2v) is 11.0. The molecule has 0 bridgehead atoms. The number of carbonyl (C=O) groups excluding carboxylic acids is 2. The van der Waals surface area contributed by atoms with Crippen LogP contribution in [-0.4, -0.2) is 38.4 Å². The molecule has 3 aromatic rings. The summed E-state index contributed by atoms with van der Waals surface area (Å²) in [6.45, 7) is 11.1. The van der Waals surface area contributed by atoms with Crippen molar-refractivity contribution in [1.29, 1.82) is 0 Å². The molecular weight excluding hydrogens is 600 g/mol. The van der Waals surface area contributed by atoms with Crippen molar-refractivity contribution in [1.82, 2.24) is 0 Å². The highest BCUT2D eigenvalue weighted by Crippen LogP contribution is 2.16. The zero-order valence-corrected chi connectivity index (χ0v) is 28.1. The number of carbonyl (C=O) groups is 2. The molecule has 0 atom stereocenters. The smallest absolute Gasteiger partial charge is 0.330 e. The normalized spacial score (nSPS) is 10.0. The van der Waals surface area contributed by atoms with Gasteiger partial charge in [0, 0.05) is 34.4 Å². The third-order valence-electron chi connectivity index (χ3n) is 7.32. The number of hydrogen-bond donors (Lipinski definition) is 0. The van der Waals surface area contributed by atoms with E-state index in [1.54, 1.807) is 0 Å². The van der Waals surface area contributed by atoms with Crippen LogP contribution in [0.2, 0.25) is 0 Å². The molecule has 0 aromatic heterocycles. The Hall–Kier alpha value is -5.20. The second-order valence-electron chi connectivity index (χ2n) is 11.0. The molecule has 48 heavy (non-hydrogen) atoms. The first-order chi connectivity index (χ1) is 23.5. The molecule has 6 heteroatoms. The molecule has 3 rings (SSSR count). The molecule has 0 spiro atoms. The number of rotatable bonds is 19. The topological polar surface area (TPSA) is 71.1 Å². The fourth-order valence-corrected chi connectivity index (χ4v) is 4.60. The second kappa shape index (κ2) is 22.3. The molecule has 6 nitrogen and oxygen atoms in total. The molecule has 0 fully saturated rings. The number of hydrogen-bond acceptors (Lipinski definition) is 6. The molecule has 0 saturated carbocycles. The number of unbranched alkanes of at least 4 members (excludes halogenated alkanes) is 6. The van der Waals surface area contributed by atoms with Gasteiger partial charge >= 0.3 is 11.9 Å². The van der Waals surface area contributed by atoms with Crippen LogP contribution < -0.4 is 9.47 Å². The van der Waals surface area contributed by atoms with Crippen LogP contribution in [0.4, 0.5) is 0 Å². The van der Waals surface area contributed by atoms with E-state index in [0.29, 0.717) is 26.4 Å². The first-order valence-electron chi connectivity index (χ1n) is 16.7. The van der Waals surface area contributed by atoms with Gasteiger partial charge in [-0.15, -0.1) is 0 Å². The van der Waals surface area contributed by atoms with E-state index >= 15 is 0 Å². The highest BCUT2D eigenvalue weighted by molar-refractivity contribution is 5.81. The summed E-state index contributed by atoms with van der Waals surface area (Å²) in [7, 11) is 0. The Labute approximate surface area is 286 Å². The van der Waals surface area contributed by atoms with Gasteiger partial charge in [0.25, 0.3) is 0 Å². The van der Waals surface area contributed by atoms with Crippen molar-refractivity contribution >= 4 is 11.9 Å². The summed E-state index contributed by atoms with van der Waals surface area (Å²) < 4.78 is 21.7. The van der Waals surface area contributed by atoms with Crippen LogP contribution in [0.25, 0.3) is 0 Å². The van der Waals surface area contributed by atoms with Crippen molar-refractivity contribution in [2.75, 3.05) is 26.4 Å². The molecule has 0 radical (unpaired) electrons. The van der Waals surface area contributed by atoms with E-state index in [1.165, 1.54) is 12.2 Å². The van der Waals surface area contributed by atoms with Gasteiger partial charge in [0.1, 0.15) is 11.5 Å². The van der Waals surface area contributed by atoms with E-state index in [-0.39, 0.29) is 11.9 Å². The molecule has 250 valence electrons. The van der Waals surface area contributed by atoms with Gasteiger partial charge in [0.05, 0.1) is 26.4 Å². The molecule has 0 aliphatic rings. The molecule has 0 saturated heterocycles. The monoisotopic (exact) mass is 646 g/mol. The van der Waals surface area contributed by atoms with E-state index in [0.717, 1.165) is 97.1 Å². The van der Waals surface area contributed by atoms with Crippen molar-refractivity contribution in [3.05, 3.63) is 120 Å². The first-order valence-corrected chi connectivity index (χ1v) is 16.7. The van der Waals surface area contributed by atoms with Gasteiger partial charge in [-0.1, -0.05) is 43.8 Å². The zero-order valence-electron chi connectivity index (χ0n) is 28.1. The van der Waals surface area contributed by atoms with Gasteiger partial charge in [-0.2, -0.15) is 0 Å². The van der Waals surface area contributed by atoms with Crippen molar-refractivity contribution in [3.8, 4) is 35.2 Å². The Morgan fingerprint density at radius 2 is 0.979 bits per heavy atom. The van der Waals surface area contributed by atoms with Gasteiger partial charge in [0.2, 0.25) is 0 Å². The van der Waals surface area contributed by atoms with Crippen molar-refractivity contribution < 1.29 is 28.5 Å². The largest absolute Gasteiger partial charge is 0.494 e. The first kappa shape index (κ1) is 37.3. The van der Waals surface area contributed by atoms with E-state index < -0.39 is 0 Å². The number of benzene rings is 3. The lowest BCUT2D eigenvalue weighted by Crippen LogP contribution is -2.02. The fraction of sp³-hybridized carbons (Fsp3) is 0.333. The summed E-state index contributed by atoms with van der Waals surface area (Å²) in [5.41, 5.74) is 4.97. The van der Waals surface area contributed by atoms with Crippen LogP contribution >= 0.6 is 0 Å². The average Bonchev–Trinajstić information content (AvgIpc) is 3.12. The summed E-state index contributed by atoms with van der Waals surface area (Å²) in [6, 6.07) is 21.9. The summed E-state index contributed by atoms with van der Waals surface area (Å²) in [4.78, 5) is 22.1. The Bertz CT molecular complexity index is 1580. The third kappa shape index (κ3) is 14.9. The lowest BCUT2D eigenvalue weighted by atomic mass is 10.0. The Morgan fingerprint density at radius 1 is 0.562 bits per heavy atom. The average molecular weight is 647 g/mol. The maximum Gasteiger partial charge on any atom is 0.330 e. The van der Waals surface area contributed by atoms with Gasteiger partial charge in [-0.3, -0.25) is 0 Å². The van der Waals surface area contributed by atoms with E-state index in [1.807, 2.05) is 60.7 Å². The van der Waals surface area contributed by atoms with Crippen LogP contribution in [0, 0.1) is 23.7 Å². The summed E-state index contributed by atoms with van der Waals surface area (Å²) >= 11 is 0.